The van der Waals surface area contributed by atoms with Crippen LogP contribution >= 0.6 is 0 Å². The molecule has 8 heteroatoms. The fourth-order valence-corrected chi connectivity index (χ4v) is 8.36. The number of hydrogen-bond acceptors (Lipinski definition) is 5. The lowest BCUT2D eigenvalue weighted by Gasteiger charge is -2.40. The Morgan fingerprint density at radius 1 is 1.25 bits per heavy atom. The summed E-state index contributed by atoms with van der Waals surface area (Å²) < 4.78 is 34.2. The molecule has 3 fully saturated rings. The number of rotatable bonds is 6. The summed E-state index contributed by atoms with van der Waals surface area (Å²) in [5.41, 5.74) is -1.59. The van der Waals surface area contributed by atoms with E-state index >= 15 is 0 Å². The van der Waals surface area contributed by atoms with E-state index in [0.29, 0.717) is 38.4 Å². The molecule has 2 bridgehead atoms. The Bertz CT molecular complexity index is 845. The molecule has 2 saturated carbocycles. The van der Waals surface area contributed by atoms with Crippen molar-refractivity contribution in [1.29, 1.82) is 0 Å². The van der Waals surface area contributed by atoms with Crippen molar-refractivity contribution in [2.75, 3.05) is 25.4 Å². The molecule has 1 aliphatic heterocycles. The minimum atomic E-state index is -3.57. The van der Waals surface area contributed by atoms with Gasteiger partial charge in [-0.25, -0.2) is 17.5 Å². The van der Waals surface area contributed by atoms with E-state index < -0.39 is 21.0 Å². The molecule has 1 saturated heterocycles. The van der Waals surface area contributed by atoms with Crippen LogP contribution in [0.25, 0.3) is 0 Å². The molecule has 0 aromatic heterocycles. The zero-order chi connectivity index (χ0) is 24.1. The Hall–Kier alpha value is -1.15. The van der Waals surface area contributed by atoms with Gasteiger partial charge < -0.3 is 9.64 Å². The van der Waals surface area contributed by atoms with E-state index in [0.717, 1.165) is 19.3 Å². The van der Waals surface area contributed by atoms with Gasteiger partial charge in [0, 0.05) is 37.5 Å². The van der Waals surface area contributed by atoms with Gasteiger partial charge >= 0.3 is 6.09 Å². The van der Waals surface area contributed by atoms with Crippen molar-refractivity contribution in [3.8, 4) is 0 Å². The molecule has 3 aliphatic rings. The zero-order valence-electron chi connectivity index (χ0n) is 20.9. The number of ether oxygens (including phenoxy) is 1. The molecule has 0 spiro atoms. The molecular weight excluding hydrogens is 428 g/mol. The standard InChI is InChI=1S/C24H42N2O5S/c1-17(2)26(21(28)31-22(3,4)5)15-18-9-8-12-25(14-18)32(29,30)16-24-11-10-19(13-20(24)27)23(24,6)7/h17-19H,8-16H2,1-7H3. The van der Waals surface area contributed by atoms with Crippen molar-refractivity contribution in [3.63, 3.8) is 0 Å². The number of ketones is 1. The first-order valence-electron chi connectivity index (χ1n) is 12.1. The number of Topliss-reactive ketones (excluding diaryl/α,β-unsaturated/α-hetero) is 1. The van der Waals surface area contributed by atoms with Gasteiger partial charge in [0.2, 0.25) is 10.0 Å². The molecule has 3 unspecified atom stereocenters. The summed E-state index contributed by atoms with van der Waals surface area (Å²) in [5.74, 6) is 0.406. The van der Waals surface area contributed by atoms with Crippen molar-refractivity contribution >= 4 is 21.9 Å². The summed E-state index contributed by atoms with van der Waals surface area (Å²) >= 11 is 0. The van der Waals surface area contributed by atoms with E-state index in [2.05, 4.69) is 13.8 Å². The summed E-state index contributed by atoms with van der Waals surface area (Å²) in [4.78, 5) is 27.3. The minimum Gasteiger partial charge on any atom is -0.444 e. The third-order valence-corrected chi connectivity index (χ3v) is 10.1. The summed E-state index contributed by atoms with van der Waals surface area (Å²) in [7, 11) is -3.57. The SMILES string of the molecule is CC(C)N(CC1CCCN(S(=O)(=O)CC23CCC(CC2=O)C3(C)C)C1)C(=O)OC(C)(C)C. The quantitative estimate of drug-likeness (QED) is 0.584. The largest absolute Gasteiger partial charge is 0.444 e. The molecule has 2 aliphatic carbocycles. The first-order chi connectivity index (χ1) is 14.6. The molecule has 3 rings (SSSR count). The highest BCUT2D eigenvalue weighted by molar-refractivity contribution is 7.89. The second kappa shape index (κ2) is 8.57. The van der Waals surface area contributed by atoms with E-state index in [1.54, 1.807) is 9.21 Å². The average molecular weight is 471 g/mol. The molecular formula is C24H42N2O5S. The first kappa shape index (κ1) is 25.5. The van der Waals surface area contributed by atoms with Crippen molar-refractivity contribution < 1.29 is 22.7 Å². The van der Waals surface area contributed by atoms with Crippen LogP contribution in [-0.4, -0.2) is 66.5 Å². The van der Waals surface area contributed by atoms with Gasteiger partial charge in [0.15, 0.2) is 0 Å². The number of amides is 1. The molecule has 1 heterocycles. The Kier molecular flexibility index (Phi) is 6.82. The van der Waals surface area contributed by atoms with E-state index in [-0.39, 0.29) is 35.0 Å². The van der Waals surface area contributed by atoms with Crippen molar-refractivity contribution in [2.24, 2.45) is 22.7 Å². The van der Waals surface area contributed by atoms with Crippen LogP contribution in [0.5, 0.6) is 0 Å². The van der Waals surface area contributed by atoms with Gasteiger partial charge in [-0.2, -0.15) is 0 Å². The highest BCUT2D eigenvalue weighted by Crippen LogP contribution is 2.64. The minimum absolute atomic E-state index is 0.0388. The molecule has 0 N–H and O–H groups in total. The number of carbonyl (C=O) groups is 2. The number of sulfonamides is 1. The van der Waals surface area contributed by atoms with Crippen LogP contribution < -0.4 is 0 Å². The van der Waals surface area contributed by atoms with Gasteiger partial charge in [-0.05, 0) is 77.6 Å². The third kappa shape index (κ3) is 4.72. The van der Waals surface area contributed by atoms with Gasteiger partial charge in [0.05, 0.1) is 5.75 Å². The van der Waals surface area contributed by atoms with Gasteiger partial charge in [0.1, 0.15) is 11.4 Å². The molecule has 0 aromatic carbocycles. The van der Waals surface area contributed by atoms with Crippen molar-refractivity contribution in [1.82, 2.24) is 9.21 Å². The summed E-state index contributed by atoms with van der Waals surface area (Å²) in [6.07, 6.45) is 3.41. The topological polar surface area (TPSA) is 84.0 Å². The fraction of sp³-hybridized carbons (Fsp3) is 0.917. The molecule has 3 atom stereocenters. The average Bonchev–Trinajstić information content (AvgIpc) is 2.98. The maximum Gasteiger partial charge on any atom is 0.410 e. The van der Waals surface area contributed by atoms with Crippen LogP contribution in [0.2, 0.25) is 0 Å². The van der Waals surface area contributed by atoms with Crippen LogP contribution in [0.15, 0.2) is 0 Å². The van der Waals surface area contributed by atoms with E-state index in [9.17, 15) is 18.0 Å². The van der Waals surface area contributed by atoms with Crippen LogP contribution in [0, 0.1) is 22.7 Å². The van der Waals surface area contributed by atoms with Gasteiger partial charge in [0.25, 0.3) is 0 Å². The fourth-order valence-electron chi connectivity index (χ4n) is 6.03. The highest BCUT2D eigenvalue weighted by atomic mass is 32.2. The lowest BCUT2D eigenvalue weighted by atomic mass is 9.70. The van der Waals surface area contributed by atoms with E-state index in [1.165, 1.54) is 0 Å². The number of hydrogen-bond donors (Lipinski definition) is 0. The Morgan fingerprint density at radius 2 is 1.91 bits per heavy atom. The van der Waals surface area contributed by atoms with Crippen molar-refractivity contribution in [2.45, 2.75) is 92.2 Å². The third-order valence-electron chi connectivity index (χ3n) is 8.15. The Morgan fingerprint density at radius 3 is 2.41 bits per heavy atom. The molecule has 32 heavy (non-hydrogen) atoms. The Balaban J connectivity index is 1.71. The lowest BCUT2D eigenvalue weighted by Crippen LogP contribution is -2.51. The molecule has 0 aromatic rings. The summed E-state index contributed by atoms with van der Waals surface area (Å²) in [6, 6.07) is -0.0388. The normalized spacial score (nSPS) is 30.7. The predicted molar refractivity (Wildman–Crippen MR) is 125 cm³/mol. The Labute approximate surface area is 194 Å². The van der Waals surface area contributed by atoms with E-state index in [4.69, 9.17) is 4.74 Å². The lowest BCUT2D eigenvalue weighted by molar-refractivity contribution is -0.128. The second-order valence-electron chi connectivity index (χ2n) is 12.0. The van der Waals surface area contributed by atoms with Gasteiger partial charge in [-0.1, -0.05) is 13.8 Å². The number of fused-ring (bicyclic) bond motifs is 2. The predicted octanol–water partition coefficient (Wildman–Crippen LogP) is 4.07. The maximum atomic E-state index is 13.5. The maximum absolute atomic E-state index is 13.5. The van der Waals surface area contributed by atoms with Crippen LogP contribution in [-0.2, 0) is 19.6 Å². The second-order valence-corrected chi connectivity index (χ2v) is 14.0. The number of piperidine rings is 1. The molecule has 184 valence electrons. The van der Waals surface area contributed by atoms with E-state index in [1.807, 2.05) is 34.6 Å². The van der Waals surface area contributed by atoms with Crippen molar-refractivity contribution in [3.05, 3.63) is 0 Å². The summed E-state index contributed by atoms with van der Waals surface area (Å²) in [5, 5.41) is 0. The molecule has 0 radical (unpaired) electrons. The molecule has 1 amide bonds. The smallest absolute Gasteiger partial charge is 0.410 e. The summed E-state index contributed by atoms with van der Waals surface area (Å²) in [6.45, 7) is 14.9. The number of nitrogens with zero attached hydrogens (tertiary/aromatic N) is 2. The zero-order valence-corrected chi connectivity index (χ0v) is 21.8. The highest BCUT2D eigenvalue weighted by Gasteiger charge is 2.65. The monoisotopic (exact) mass is 470 g/mol. The van der Waals surface area contributed by atoms with Gasteiger partial charge in [-0.15, -0.1) is 0 Å². The molecule has 7 nitrogen and oxygen atoms in total. The van der Waals surface area contributed by atoms with Gasteiger partial charge in [-0.3, -0.25) is 4.79 Å². The first-order valence-corrected chi connectivity index (χ1v) is 13.7. The van der Waals surface area contributed by atoms with Crippen LogP contribution in [0.1, 0.15) is 80.6 Å². The van der Waals surface area contributed by atoms with Crippen LogP contribution in [0.3, 0.4) is 0 Å². The van der Waals surface area contributed by atoms with Crippen LogP contribution in [0.4, 0.5) is 4.79 Å². The number of carbonyl (C=O) groups excluding carboxylic acids is 2.